The maximum Gasteiger partial charge on any atom is 0.339 e. The molecule has 1 aromatic carbocycles. The molecule has 5 heteroatoms. The summed E-state index contributed by atoms with van der Waals surface area (Å²) in [6.07, 6.45) is 3.03. The number of carboxylic acid groups (broad SMARTS) is 1. The lowest BCUT2D eigenvalue weighted by Gasteiger charge is -1.96. The Kier molecular flexibility index (Phi) is 3.16. The Bertz CT molecular complexity index is 750. The summed E-state index contributed by atoms with van der Waals surface area (Å²) in [4.78, 5) is 19.6. The first-order valence-electron chi connectivity index (χ1n) is 6.25. The zero-order valence-corrected chi connectivity index (χ0v) is 10.6. The number of hydrogen-bond donors (Lipinski definition) is 1. The summed E-state index contributed by atoms with van der Waals surface area (Å²) in [7, 11) is 0. The van der Waals surface area contributed by atoms with E-state index < -0.39 is 5.97 Å². The molecule has 2 aromatic heterocycles. The molecular weight excluding hydrogens is 256 g/mol. The third-order valence-electron chi connectivity index (χ3n) is 3.01. The fourth-order valence-electron chi connectivity index (χ4n) is 2.05. The van der Waals surface area contributed by atoms with Crippen molar-refractivity contribution in [3.05, 3.63) is 59.7 Å². The minimum absolute atomic E-state index is 0.138. The number of aromatic carboxylic acids is 1. The van der Waals surface area contributed by atoms with Crippen molar-refractivity contribution in [3.63, 3.8) is 0 Å². The molecule has 3 aromatic rings. The predicted octanol–water partition coefficient (Wildman–Crippen LogP) is 2.71. The van der Waals surface area contributed by atoms with Gasteiger partial charge in [0.2, 0.25) is 0 Å². The zero-order chi connectivity index (χ0) is 13.9. The van der Waals surface area contributed by atoms with E-state index in [9.17, 15) is 4.79 Å². The third-order valence-corrected chi connectivity index (χ3v) is 3.01. The van der Waals surface area contributed by atoms with Gasteiger partial charge in [-0.1, -0.05) is 12.1 Å². The van der Waals surface area contributed by atoms with E-state index in [0.717, 1.165) is 5.69 Å². The van der Waals surface area contributed by atoms with E-state index in [1.54, 1.807) is 18.3 Å². The highest BCUT2D eigenvalue weighted by Gasteiger charge is 2.14. The SMILES string of the molecule is O=C(O)c1cccc2nc(CCc3ccccn3)oc12. The number of aryl methyl sites for hydroxylation is 2. The van der Waals surface area contributed by atoms with E-state index in [1.165, 1.54) is 6.07 Å². The van der Waals surface area contributed by atoms with Gasteiger partial charge in [0, 0.05) is 18.3 Å². The van der Waals surface area contributed by atoms with E-state index in [4.69, 9.17) is 9.52 Å². The van der Waals surface area contributed by atoms with E-state index in [-0.39, 0.29) is 5.56 Å². The number of hydrogen-bond acceptors (Lipinski definition) is 4. The summed E-state index contributed by atoms with van der Waals surface area (Å²) in [5.41, 5.74) is 1.99. The van der Waals surface area contributed by atoms with Crippen LogP contribution in [-0.2, 0) is 12.8 Å². The molecule has 20 heavy (non-hydrogen) atoms. The molecule has 3 rings (SSSR count). The predicted molar refractivity (Wildman–Crippen MR) is 72.6 cm³/mol. The highest BCUT2D eigenvalue weighted by atomic mass is 16.4. The summed E-state index contributed by atoms with van der Waals surface area (Å²) >= 11 is 0. The third kappa shape index (κ3) is 2.38. The Balaban J connectivity index is 1.86. The number of pyridine rings is 1. The van der Waals surface area contributed by atoms with Crippen LogP contribution in [0.3, 0.4) is 0 Å². The van der Waals surface area contributed by atoms with Crippen molar-refractivity contribution in [1.29, 1.82) is 0 Å². The van der Waals surface area contributed by atoms with Gasteiger partial charge in [0.1, 0.15) is 11.1 Å². The molecule has 0 aliphatic carbocycles. The second-order valence-electron chi connectivity index (χ2n) is 4.39. The van der Waals surface area contributed by atoms with Crippen molar-refractivity contribution in [2.24, 2.45) is 0 Å². The summed E-state index contributed by atoms with van der Waals surface area (Å²) < 4.78 is 5.56. The smallest absolute Gasteiger partial charge is 0.339 e. The topological polar surface area (TPSA) is 76.2 Å². The Morgan fingerprint density at radius 1 is 1.15 bits per heavy atom. The molecule has 0 amide bonds. The first-order chi connectivity index (χ1) is 9.74. The fraction of sp³-hybridized carbons (Fsp3) is 0.133. The van der Waals surface area contributed by atoms with Gasteiger partial charge in [-0.3, -0.25) is 4.98 Å². The van der Waals surface area contributed by atoms with Crippen LogP contribution >= 0.6 is 0 Å². The molecule has 0 saturated heterocycles. The Morgan fingerprint density at radius 2 is 2.05 bits per heavy atom. The van der Waals surface area contributed by atoms with Crippen LogP contribution in [0.1, 0.15) is 21.9 Å². The normalized spacial score (nSPS) is 10.8. The summed E-state index contributed by atoms with van der Waals surface area (Å²) in [5, 5.41) is 9.10. The summed E-state index contributed by atoms with van der Waals surface area (Å²) in [6.45, 7) is 0. The van der Waals surface area contributed by atoms with Gasteiger partial charge in [0.25, 0.3) is 0 Å². The van der Waals surface area contributed by atoms with Gasteiger partial charge in [-0.05, 0) is 30.7 Å². The van der Waals surface area contributed by atoms with Crippen molar-refractivity contribution in [3.8, 4) is 0 Å². The van der Waals surface area contributed by atoms with E-state index >= 15 is 0 Å². The standard InChI is InChI=1S/C15H12N2O3/c18-15(19)11-5-3-6-12-14(11)20-13(17-12)8-7-10-4-1-2-9-16-10/h1-6,9H,7-8H2,(H,18,19). The van der Waals surface area contributed by atoms with Crippen molar-refractivity contribution < 1.29 is 14.3 Å². The van der Waals surface area contributed by atoms with Crippen LogP contribution in [-0.4, -0.2) is 21.0 Å². The largest absolute Gasteiger partial charge is 0.478 e. The fourth-order valence-corrected chi connectivity index (χ4v) is 2.05. The lowest BCUT2D eigenvalue weighted by Crippen LogP contribution is -1.95. The maximum atomic E-state index is 11.1. The number of oxazole rings is 1. The summed E-state index contributed by atoms with van der Waals surface area (Å²) in [5.74, 6) is -0.484. The molecule has 1 N–H and O–H groups in total. The molecule has 0 saturated carbocycles. The Hall–Kier alpha value is -2.69. The molecule has 0 aliphatic rings. The van der Waals surface area contributed by atoms with Gasteiger partial charge < -0.3 is 9.52 Å². The monoisotopic (exact) mass is 268 g/mol. The van der Waals surface area contributed by atoms with Crippen LogP contribution in [0.5, 0.6) is 0 Å². The van der Waals surface area contributed by atoms with Crippen molar-refractivity contribution >= 4 is 17.1 Å². The van der Waals surface area contributed by atoms with Crippen LogP contribution in [0.4, 0.5) is 0 Å². The van der Waals surface area contributed by atoms with Crippen LogP contribution in [0.25, 0.3) is 11.1 Å². The minimum atomic E-state index is -1.01. The van der Waals surface area contributed by atoms with Gasteiger partial charge in [0.15, 0.2) is 11.5 Å². The van der Waals surface area contributed by atoms with Crippen LogP contribution in [0.2, 0.25) is 0 Å². The second-order valence-corrected chi connectivity index (χ2v) is 4.39. The Labute approximate surface area is 114 Å². The van der Waals surface area contributed by atoms with Crippen molar-refractivity contribution in [2.75, 3.05) is 0 Å². The first kappa shape index (κ1) is 12.3. The molecule has 0 atom stereocenters. The average Bonchev–Trinajstić information content (AvgIpc) is 2.88. The van der Waals surface area contributed by atoms with Crippen LogP contribution in [0.15, 0.2) is 47.0 Å². The van der Waals surface area contributed by atoms with Crippen LogP contribution < -0.4 is 0 Å². The van der Waals surface area contributed by atoms with Gasteiger partial charge in [0.05, 0.1) is 0 Å². The number of para-hydroxylation sites is 1. The number of nitrogens with zero attached hydrogens (tertiary/aromatic N) is 2. The van der Waals surface area contributed by atoms with Gasteiger partial charge in [-0.2, -0.15) is 0 Å². The lowest BCUT2D eigenvalue weighted by atomic mass is 10.2. The molecule has 0 aliphatic heterocycles. The molecule has 0 spiro atoms. The molecule has 0 radical (unpaired) electrons. The highest BCUT2D eigenvalue weighted by Crippen LogP contribution is 2.20. The quantitative estimate of drug-likeness (QED) is 0.787. The number of benzene rings is 1. The zero-order valence-electron chi connectivity index (χ0n) is 10.6. The van der Waals surface area contributed by atoms with Gasteiger partial charge in [-0.15, -0.1) is 0 Å². The molecular formula is C15H12N2O3. The lowest BCUT2D eigenvalue weighted by molar-refractivity contribution is 0.0698. The van der Waals surface area contributed by atoms with Gasteiger partial charge >= 0.3 is 5.97 Å². The number of carboxylic acids is 1. The van der Waals surface area contributed by atoms with Gasteiger partial charge in [-0.25, -0.2) is 9.78 Å². The molecule has 100 valence electrons. The molecule has 0 bridgehead atoms. The second kappa shape index (κ2) is 5.13. The number of aromatic nitrogens is 2. The molecule has 0 fully saturated rings. The van der Waals surface area contributed by atoms with Crippen LogP contribution in [0, 0.1) is 0 Å². The summed E-state index contributed by atoms with van der Waals surface area (Å²) in [6, 6.07) is 10.6. The van der Waals surface area contributed by atoms with Crippen molar-refractivity contribution in [2.45, 2.75) is 12.8 Å². The maximum absolute atomic E-state index is 11.1. The van der Waals surface area contributed by atoms with E-state index in [0.29, 0.717) is 29.8 Å². The highest BCUT2D eigenvalue weighted by molar-refractivity contribution is 5.99. The minimum Gasteiger partial charge on any atom is -0.478 e. The number of fused-ring (bicyclic) bond motifs is 1. The van der Waals surface area contributed by atoms with Crippen molar-refractivity contribution in [1.82, 2.24) is 9.97 Å². The average molecular weight is 268 g/mol. The molecule has 0 unspecified atom stereocenters. The number of carbonyl (C=O) groups is 1. The first-order valence-corrected chi connectivity index (χ1v) is 6.25. The molecule has 2 heterocycles. The van der Waals surface area contributed by atoms with E-state index in [2.05, 4.69) is 9.97 Å². The van der Waals surface area contributed by atoms with E-state index in [1.807, 2.05) is 18.2 Å². The number of rotatable bonds is 4. The Morgan fingerprint density at radius 3 is 2.80 bits per heavy atom. The molecule has 5 nitrogen and oxygen atoms in total.